The lowest BCUT2D eigenvalue weighted by Crippen LogP contribution is -2.58. The highest BCUT2D eigenvalue weighted by Crippen LogP contribution is 2.18. The second-order valence-electron chi connectivity index (χ2n) is 5.40. The van der Waals surface area contributed by atoms with Crippen LogP contribution in [-0.4, -0.2) is 56.4 Å². The maximum absolute atomic E-state index is 13.7. The molecule has 2 bridgehead atoms. The number of hydrogen-bond donors (Lipinski definition) is 1. The molecule has 1 aromatic rings. The van der Waals surface area contributed by atoms with E-state index in [4.69, 9.17) is 14.7 Å². The van der Waals surface area contributed by atoms with Crippen molar-refractivity contribution < 1.29 is 13.9 Å². The third kappa shape index (κ3) is 5.20. The van der Waals surface area contributed by atoms with Crippen molar-refractivity contribution in [1.82, 2.24) is 10.2 Å². The van der Waals surface area contributed by atoms with Gasteiger partial charge in [-0.1, -0.05) is 0 Å². The lowest BCUT2D eigenvalue weighted by atomic mass is 10.1. The van der Waals surface area contributed by atoms with E-state index in [1.54, 1.807) is 6.07 Å². The number of nitriles is 1. The highest BCUT2D eigenvalue weighted by molar-refractivity contribution is 5.85. The number of hydrogen-bond acceptors (Lipinski definition) is 5. The van der Waals surface area contributed by atoms with Gasteiger partial charge >= 0.3 is 0 Å². The third-order valence-corrected chi connectivity index (χ3v) is 3.78. The molecule has 0 aromatic heterocycles. The van der Waals surface area contributed by atoms with E-state index in [2.05, 4.69) is 10.2 Å². The lowest BCUT2D eigenvalue weighted by Gasteiger charge is -2.41. The van der Waals surface area contributed by atoms with Crippen molar-refractivity contribution in [3.63, 3.8) is 0 Å². The largest absolute Gasteiger partial charge is 0.489 e. The molecule has 2 fully saturated rings. The Morgan fingerprint density at radius 3 is 2.61 bits per heavy atom. The molecule has 5 nitrogen and oxygen atoms in total. The first-order valence-electron chi connectivity index (χ1n) is 7.15. The van der Waals surface area contributed by atoms with Crippen LogP contribution in [0.1, 0.15) is 5.56 Å². The zero-order chi connectivity index (χ0) is 14.7. The highest BCUT2D eigenvalue weighted by atomic mass is 35.5. The van der Waals surface area contributed by atoms with Crippen LogP contribution in [0.5, 0.6) is 5.75 Å². The van der Waals surface area contributed by atoms with Gasteiger partial charge in [-0.05, 0) is 18.2 Å². The van der Waals surface area contributed by atoms with E-state index in [-0.39, 0.29) is 42.8 Å². The molecule has 128 valence electrons. The van der Waals surface area contributed by atoms with Crippen LogP contribution in [0.15, 0.2) is 18.2 Å². The molecule has 2 aliphatic heterocycles. The SMILES string of the molecule is Cl.Cl.N#Cc1ccc(OCCN2CC3CNCC(C2)O3)c(F)c1. The minimum absolute atomic E-state index is 0. The summed E-state index contributed by atoms with van der Waals surface area (Å²) in [5, 5.41) is 12.0. The first kappa shape index (κ1) is 19.9. The highest BCUT2D eigenvalue weighted by Gasteiger charge is 2.30. The van der Waals surface area contributed by atoms with Gasteiger partial charge in [0.1, 0.15) is 6.61 Å². The fourth-order valence-corrected chi connectivity index (χ4v) is 2.79. The summed E-state index contributed by atoms with van der Waals surface area (Å²) in [6.07, 6.45) is 0.480. The van der Waals surface area contributed by atoms with Crippen molar-refractivity contribution in [3.8, 4) is 11.8 Å². The van der Waals surface area contributed by atoms with Crippen LogP contribution in [0.4, 0.5) is 4.39 Å². The van der Waals surface area contributed by atoms with Crippen LogP contribution >= 0.6 is 24.8 Å². The van der Waals surface area contributed by atoms with E-state index in [0.717, 1.165) is 32.7 Å². The predicted octanol–water partition coefficient (Wildman–Crippen LogP) is 1.59. The van der Waals surface area contributed by atoms with Crippen molar-refractivity contribution in [1.29, 1.82) is 5.26 Å². The van der Waals surface area contributed by atoms with Crippen LogP contribution < -0.4 is 10.1 Å². The van der Waals surface area contributed by atoms with Crippen LogP contribution in [0.25, 0.3) is 0 Å². The number of morpholine rings is 2. The maximum atomic E-state index is 13.7. The van der Waals surface area contributed by atoms with Gasteiger partial charge in [-0.25, -0.2) is 4.39 Å². The summed E-state index contributed by atoms with van der Waals surface area (Å²) in [5.41, 5.74) is 0.299. The van der Waals surface area contributed by atoms with Crippen molar-refractivity contribution in [2.24, 2.45) is 0 Å². The summed E-state index contributed by atoms with van der Waals surface area (Å²) in [5.74, 6) is -0.291. The lowest BCUT2D eigenvalue weighted by molar-refractivity contribution is -0.104. The van der Waals surface area contributed by atoms with Crippen LogP contribution in [0.3, 0.4) is 0 Å². The van der Waals surface area contributed by atoms with E-state index in [0.29, 0.717) is 12.2 Å². The first-order valence-corrected chi connectivity index (χ1v) is 7.15. The number of nitrogens with one attached hydrogen (secondary N) is 1. The van der Waals surface area contributed by atoms with Gasteiger partial charge in [-0.15, -0.1) is 24.8 Å². The maximum Gasteiger partial charge on any atom is 0.166 e. The topological polar surface area (TPSA) is 57.5 Å². The normalized spacial score (nSPS) is 23.1. The second kappa shape index (κ2) is 9.26. The molecule has 0 radical (unpaired) electrons. The summed E-state index contributed by atoms with van der Waals surface area (Å²) in [4.78, 5) is 2.29. The van der Waals surface area contributed by atoms with Crippen LogP contribution in [-0.2, 0) is 4.74 Å². The molecule has 0 amide bonds. The van der Waals surface area contributed by atoms with Gasteiger partial charge in [-0.2, -0.15) is 5.26 Å². The summed E-state index contributed by atoms with van der Waals surface area (Å²) >= 11 is 0. The monoisotopic (exact) mass is 363 g/mol. The van der Waals surface area contributed by atoms with Crippen molar-refractivity contribution in [2.45, 2.75) is 12.2 Å². The first-order chi connectivity index (χ1) is 10.2. The summed E-state index contributed by atoms with van der Waals surface area (Å²) < 4.78 is 25.0. The smallest absolute Gasteiger partial charge is 0.166 e. The fourth-order valence-electron chi connectivity index (χ4n) is 2.79. The minimum Gasteiger partial charge on any atom is -0.489 e. The van der Waals surface area contributed by atoms with E-state index in [1.807, 2.05) is 6.07 Å². The zero-order valence-corrected chi connectivity index (χ0v) is 14.2. The molecule has 2 saturated heterocycles. The number of ether oxygens (including phenoxy) is 2. The van der Waals surface area contributed by atoms with Crippen molar-refractivity contribution in [2.75, 3.05) is 39.3 Å². The summed E-state index contributed by atoms with van der Waals surface area (Å²) in [6, 6.07) is 6.16. The van der Waals surface area contributed by atoms with Gasteiger partial charge < -0.3 is 14.8 Å². The van der Waals surface area contributed by atoms with Crippen molar-refractivity contribution in [3.05, 3.63) is 29.6 Å². The summed E-state index contributed by atoms with van der Waals surface area (Å²) in [6.45, 7) is 4.70. The van der Waals surface area contributed by atoms with Gasteiger partial charge in [-0.3, -0.25) is 4.90 Å². The van der Waals surface area contributed by atoms with Gasteiger partial charge in [0.15, 0.2) is 11.6 Å². The molecule has 23 heavy (non-hydrogen) atoms. The molecule has 2 atom stereocenters. The third-order valence-electron chi connectivity index (χ3n) is 3.78. The van der Waals surface area contributed by atoms with Crippen LogP contribution in [0.2, 0.25) is 0 Å². The Bertz CT molecular complexity index is 544. The number of halogens is 3. The zero-order valence-electron chi connectivity index (χ0n) is 12.5. The van der Waals surface area contributed by atoms with E-state index in [1.165, 1.54) is 12.1 Å². The molecule has 3 rings (SSSR count). The molecule has 1 aromatic carbocycles. The van der Waals surface area contributed by atoms with Crippen molar-refractivity contribution >= 4 is 24.8 Å². The molecule has 8 heteroatoms. The molecule has 2 unspecified atom stereocenters. The average Bonchev–Trinajstić information content (AvgIpc) is 2.48. The van der Waals surface area contributed by atoms with Gasteiger partial charge in [0.05, 0.1) is 23.8 Å². The Balaban J connectivity index is 0.00000132. The Morgan fingerprint density at radius 1 is 1.30 bits per heavy atom. The molecular formula is C15H20Cl2FN3O2. The number of benzene rings is 1. The molecular weight excluding hydrogens is 344 g/mol. The molecule has 1 N–H and O–H groups in total. The molecule has 0 aliphatic carbocycles. The number of rotatable bonds is 4. The van der Waals surface area contributed by atoms with Crippen LogP contribution in [0, 0.1) is 17.1 Å². The van der Waals surface area contributed by atoms with Gasteiger partial charge in [0.25, 0.3) is 0 Å². The minimum atomic E-state index is -0.489. The van der Waals surface area contributed by atoms with E-state index in [9.17, 15) is 4.39 Å². The number of nitrogens with zero attached hydrogens (tertiary/aromatic N) is 2. The number of fused-ring (bicyclic) bond motifs is 2. The molecule has 0 spiro atoms. The Labute approximate surface area is 147 Å². The predicted molar refractivity (Wildman–Crippen MR) is 89.1 cm³/mol. The van der Waals surface area contributed by atoms with E-state index < -0.39 is 5.82 Å². The average molecular weight is 364 g/mol. The standard InChI is InChI=1S/C15H18FN3O2.2ClH/c16-14-5-11(6-17)1-2-15(14)20-4-3-19-9-12-7-18-8-13(10-19)21-12;;/h1-2,5,12-13,18H,3-4,7-10H2;2*1H. The van der Waals surface area contributed by atoms with E-state index >= 15 is 0 Å². The van der Waals surface area contributed by atoms with Gasteiger partial charge in [0, 0.05) is 32.7 Å². The second-order valence-corrected chi connectivity index (χ2v) is 5.40. The molecule has 0 saturated carbocycles. The Hall–Kier alpha value is -1.10. The quantitative estimate of drug-likeness (QED) is 0.880. The Kier molecular flexibility index (Phi) is 8.03. The molecule has 2 heterocycles. The molecule has 2 aliphatic rings. The van der Waals surface area contributed by atoms with Gasteiger partial charge in [0.2, 0.25) is 0 Å². The fraction of sp³-hybridized carbons (Fsp3) is 0.533. The summed E-state index contributed by atoms with van der Waals surface area (Å²) in [7, 11) is 0. The Morgan fingerprint density at radius 2 is 2.00 bits per heavy atom.